The highest BCUT2D eigenvalue weighted by Gasteiger charge is 2.40. The number of aryl methyl sites for hydroxylation is 1. The first-order chi connectivity index (χ1) is 8.12. The van der Waals surface area contributed by atoms with Crippen molar-refractivity contribution in [1.82, 2.24) is 9.97 Å². The molecule has 100 valence electrons. The van der Waals surface area contributed by atoms with Gasteiger partial charge in [0.2, 0.25) is 5.28 Å². The Bertz CT molecular complexity index is 481. The predicted molar refractivity (Wildman–Crippen MR) is 54.6 cm³/mol. The van der Waals surface area contributed by atoms with Gasteiger partial charge in [-0.25, -0.2) is 4.98 Å². The summed E-state index contributed by atoms with van der Waals surface area (Å²) in [4.78, 5) is 16.6. The highest BCUT2D eigenvalue weighted by molar-refractivity contribution is 6.28. The molecule has 1 rings (SSSR count). The molecule has 0 aliphatic carbocycles. The van der Waals surface area contributed by atoms with E-state index in [0.717, 1.165) is 0 Å². The van der Waals surface area contributed by atoms with Gasteiger partial charge in [0.15, 0.2) is 6.10 Å². The Balaban J connectivity index is 3.19. The quantitative estimate of drug-likeness (QED) is 0.485. The lowest BCUT2D eigenvalue weighted by Crippen LogP contribution is -2.31. The summed E-state index contributed by atoms with van der Waals surface area (Å²) in [7, 11) is 0. The highest BCUT2D eigenvalue weighted by atomic mass is 35.5. The SMILES string of the molecule is Cc1nc(Cl)nc(OC(C)C(F)(F)F)c1[N+](=O)[O-]. The van der Waals surface area contributed by atoms with Gasteiger partial charge in [-0.05, 0) is 25.4 Å². The summed E-state index contributed by atoms with van der Waals surface area (Å²) in [5.74, 6) is -0.803. The molecule has 6 nitrogen and oxygen atoms in total. The van der Waals surface area contributed by atoms with Gasteiger partial charge in [-0.3, -0.25) is 10.1 Å². The first-order valence-electron chi connectivity index (χ1n) is 4.54. The fourth-order valence-corrected chi connectivity index (χ4v) is 1.24. The molecular weight excluding hydrogens is 279 g/mol. The van der Waals surface area contributed by atoms with Gasteiger partial charge in [-0.2, -0.15) is 18.2 Å². The summed E-state index contributed by atoms with van der Waals surface area (Å²) >= 11 is 5.42. The van der Waals surface area contributed by atoms with Crippen LogP contribution in [0.1, 0.15) is 12.6 Å². The summed E-state index contributed by atoms with van der Waals surface area (Å²) in [5.41, 5.74) is -0.917. The van der Waals surface area contributed by atoms with Crippen LogP contribution < -0.4 is 4.74 Å². The van der Waals surface area contributed by atoms with Crippen LogP contribution in [-0.4, -0.2) is 27.2 Å². The summed E-state index contributed by atoms with van der Waals surface area (Å²) in [5, 5.41) is 10.3. The van der Waals surface area contributed by atoms with Gasteiger partial charge in [0.05, 0.1) is 4.92 Å². The van der Waals surface area contributed by atoms with E-state index in [-0.39, 0.29) is 5.69 Å². The zero-order valence-corrected chi connectivity index (χ0v) is 9.91. The Morgan fingerprint density at radius 3 is 2.44 bits per heavy atom. The number of hydrogen-bond acceptors (Lipinski definition) is 5. The second-order valence-corrected chi connectivity index (χ2v) is 3.63. The number of hydrogen-bond donors (Lipinski definition) is 0. The molecule has 0 spiro atoms. The van der Waals surface area contributed by atoms with Gasteiger partial charge in [-0.15, -0.1) is 0 Å². The molecule has 0 amide bonds. The van der Waals surface area contributed by atoms with Gasteiger partial charge in [0.25, 0.3) is 5.88 Å². The molecule has 1 heterocycles. The minimum absolute atomic E-state index is 0.177. The minimum atomic E-state index is -4.67. The minimum Gasteiger partial charge on any atom is -0.460 e. The lowest BCUT2D eigenvalue weighted by Gasteiger charge is -2.16. The maximum absolute atomic E-state index is 12.3. The molecular formula is C8H7ClF3N3O3. The lowest BCUT2D eigenvalue weighted by atomic mass is 10.3. The van der Waals surface area contributed by atoms with Crippen LogP contribution in [0.2, 0.25) is 5.28 Å². The molecule has 18 heavy (non-hydrogen) atoms. The van der Waals surface area contributed by atoms with Crippen molar-refractivity contribution in [3.05, 3.63) is 21.1 Å². The molecule has 0 aliphatic rings. The van der Waals surface area contributed by atoms with Gasteiger partial charge in [-0.1, -0.05) is 0 Å². The zero-order chi connectivity index (χ0) is 14.1. The maximum atomic E-state index is 12.3. The van der Waals surface area contributed by atoms with E-state index in [0.29, 0.717) is 6.92 Å². The van der Waals surface area contributed by atoms with Crippen LogP contribution in [0.25, 0.3) is 0 Å². The average molecular weight is 286 g/mol. The molecule has 0 aliphatic heterocycles. The van der Waals surface area contributed by atoms with Crippen LogP contribution in [0, 0.1) is 17.0 Å². The third-order valence-corrected chi connectivity index (χ3v) is 2.10. The Morgan fingerprint density at radius 2 is 2.00 bits per heavy atom. The largest absolute Gasteiger partial charge is 0.460 e. The first-order valence-corrected chi connectivity index (χ1v) is 4.92. The van der Waals surface area contributed by atoms with Crippen LogP contribution in [0.3, 0.4) is 0 Å². The molecule has 0 N–H and O–H groups in total. The normalized spacial score (nSPS) is 13.2. The van der Waals surface area contributed by atoms with Crippen LogP contribution >= 0.6 is 11.6 Å². The standard InChI is InChI=1S/C8H7ClF3N3O3/c1-3-5(15(16)17)6(14-7(9)13-3)18-4(2)8(10,11)12/h4H,1-2H3. The average Bonchev–Trinajstić information content (AvgIpc) is 2.13. The van der Waals surface area contributed by atoms with Crippen molar-refractivity contribution in [3.63, 3.8) is 0 Å². The summed E-state index contributed by atoms with van der Waals surface area (Å²) in [6, 6.07) is 0. The Labute approximate surface area is 104 Å². The van der Waals surface area contributed by atoms with Gasteiger partial charge in [0, 0.05) is 0 Å². The summed E-state index contributed by atoms with van der Waals surface area (Å²) in [6.45, 7) is 1.92. The van der Waals surface area contributed by atoms with Crippen molar-refractivity contribution in [2.45, 2.75) is 26.1 Å². The number of aromatic nitrogens is 2. The second kappa shape index (κ2) is 4.92. The van der Waals surface area contributed by atoms with Crippen molar-refractivity contribution in [2.75, 3.05) is 0 Å². The predicted octanol–water partition coefficient (Wildman–Crippen LogP) is 2.68. The summed E-state index contributed by atoms with van der Waals surface area (Å²) in [6.07, 6.45) is -6.92. The van der Waals surface area contributed by atoms with Crippen molar-refractivity contribution < 1.29 is 22.8 Å². The third-order valence-electron chi connectivity index (χ3n) is 1.93. The number of rotatable bonds is 3. The Kier molecular flexibility index (Phi) is 3.95. The van der Waals surface area contributed by atoms with E-state index in [2.05, 4.69) is 14.7 Å². The van der Waals surface area contributed by atoms with Crippen LogP contribution in [0.5, 0.6) is 5.88 Å². The molecule has 0 aromatic carbocycles. The first kappa shape index (κ1) is 14.4. The monoisotopic (exact) mass is 285 g/mol. The van der Waals surface area contributed by atoms with E-state index in [1.807, 2.05) is 0 Å². The van der Waals surface area contributed by atoms with Crippen LogP contribution in [0.15, 0.2) is 0 Å². The molecule has 1 aromatic heterocycles. The van der Waals surface area contributed by atoms with E-state index in [9.17, 15) is 23.3 Å². The molecule has 0 radical (unpaired) electrons. The fourth-order valence-electron chi connectivity index (χ4n) is 1.03. The fraction of sp³-hybridized carbons (Fsp3) is 0.500. The lowest BCUT2D eigenvalue weighted by molar-refractivity contribution is -0.387. The van der Waals surface area contributed by atoms with E-state index < -0.39 is 34.1 Å². The molecule has 0 saturated carbocycles. The number of ether oxygens (including phenoxy) is 1. The van der Waals surface area contributed by atoms with Gasteiger partial charge >= 0.3 is 11.9 Å². The number of alkyl halides is 3. The van der Waals surface area contributed by atoms with E-state index in [4.69, 9.17) is 11.6 Å². The maximum Gasteiger partial charge on any atom is 0.425 e. The third kappa shape index (κ3) is 3.19. The number of halogens is 4. The molecule has 1 unspecified atom stereocenters. The molecule has 0 saturated heterocycles. The smallest absolute Gasteiger partial charge is 0.425 e. The Morgan fingerprint density at radius 1 is 1.44 bits per heavy atom. The van der Waals surface area contributed by atoms with Crippen LogP contribution in [0.4, 0.5) is 18.9 Å². The van der Waals surface area contributed by atoms with E-state index >= 15 is 0 Å². The Hall–Kier alpha value is -1.64. The second-order valence-electron chi connectivity index (χ2n) is 3.29. The molecule has 0 bridgehead atoms. The molecule has 1 aromatic rings. The molecule has 0 fully saturated rings. The number of nitrogens with zero attached hydrogens (tertiary/aromatic N) is 3. The van der Waals surface area contributed by atoms with Gasteiger partial charge < -0.3 is 4.74 Å². The highest BCUT2D eigenvalue weighted by Crippen LogP contribution is 2.32. The van der Waals surface area contributed by atoms with Crippen LogP contribution in [-0.2, 0) is 0 Å². The van der Waals surface area contributed by atoms with Crippen molar-refractivity contribution in [1.29, 1.82) is 0 Å². The number of nitro groups is 1. The zero-order valence-electron chi connectivity index (χ0n) is 9.16. The molecule has 1 atom stereocenters. The van der Waals surface area contributed by atoms with E-state index in [1.54, 1.807) is 0 Å². The van der Waals surface area contributed by atoms with E-state index in [1.165, 1.54) is 6.92 Å². The van der Waals surface area contributed by atoms with Crippen molar-refractivity contribution >= 4 is 17.3 Å². The van der Waals surface area contributed by atoms with Crippen molar-refractivity contribution in [2.24, 2.45) is 0 Å². The topological polar surface area (TPSA) is 78.2 Å². The van der Waals surface area contributed by atoms with Crippen molar-refractivity contribution in [3.8, 4) is 5.88 Å². The summed E-state index contributed by atoms with van der Waals surface area (Å²) < 4.78 is 41.3. The molecule has 10 heteroatoms. The van der Waals surface area contributed by atoms with Gasteiger partial charge in [0.1, 0.15) is 5.69 Å².